The number of rotatable bonds is 18. The molecule has 0 saturated carbocycles. The minimum absolute atomic E-state index is 0.553. The van der Waals surface area contributed by atoms with E-state index in [1.54, 1.807) is 0 Å². The summed E-state index contributed by atoms with van der Waals surface area (Å²) < 4.78 is 2.45. The van der Waals surface area contributed by atoms with E-state index in [4.69, 9.17) is 0 Å². The quantitative estimate of drug-likeness (QED) is 0.196. The van der Waals surface area contributed by atoms with Gasteiger partial charge >= 0.3 is 0 Å². The fourth-order valence-corrected chi connectivity index (χ4v) is 4.25. The molecule has 1 rings (SSSR count). The SMILES string of the molecule is CCCCCCCCCCCCC[C@H](CCCCC)c1[nH]cc[n+]1C(C)C. The molecular formula is C25H49N2+. The van der Waals surface area contributed by atoms with E-state index in [1.165, 1.54) is 109 Å². The lowest BCUT2D eigenvalue weighted by Gasteiger charge is -2.15. The zero-order valence-corrected chi connectivity index (χ0v) is 19.1. The van der Waals surface area contributed by atoms with Crippen LogP contribution in [0.4, 0.5) is 0 Å². The first-order chi connectivity index (χ1) is 13.2. The second-order valence-corrected chi connectivity index (χ2v) is 8.86. The summed E-state index contributed by atoms with van der Waals surface area (Å²) in [4.78, 5) is 3.57. The maximum absolute atomic E-state index is 3.57. The largest absolute Gasteiger partial charge is 0.257 e. The van der Waals surface area contributed by atoms with Crippen molar-refractivity contribution < 1.29 is 4.57 Å². The van der Waals surface area contributed by atoms with Crippen LogP contribution < -0.4 is 4.57 Å². The van der Waals surface area contributed by atoms with Crippen molar-refractivity contribution >= 4 is 0 Å². The highest BCUT2D eigenvalue weighted by Gasteiger charge is 2.23. The average Bonchev–Trinajstić information content (AvgIpc) is 3.14. The normalized spacial score (nSPS) is 12.8. The molecule has 1 N–H and O–H groups in total. The van der Waals surface area contributed by atoms with Crippen molar-refractivity contribution in [2.75, 3.05) is 0 Å². The predicted molar refractivity (Wildman–Crippen MR) is 119 cm³/mol. The molecule has 1 aromatic heterocycles. The summed E-state index contributed by atoms with van der Waals surface area (Å²) in [6.45, 7) is 9.19. The van der Waals surface area contributed by atoms with Crippen LogP contribution in [0.3, 0.4) is 0 Å². The smallest absolute Gasteiger partial charge is 0.247 e. The van der Waals surface area contributed by atoms with Crippen molar-refractivity contribution in [3.05, 3.63) is 18.2 Å². The number of H-pyrrole nitrogens is 1. The van der Waals surface area contributed by atoms with Gasteiger partial charge in [-0.05, 0) is 26.7 Å². The molecule has 27 heavy (non-hydrogen) atoms. The summed E-state index contributed by atoms with van der Waals surface area (Å²) in [5.41, 5.74) is 0. The molecule has 158 valence electrons. The van der Waals surface area contributed by atoms with E-state index < -0.39 is 0 Å². The van der Waals surface area contributed by atoms with Crippen LogP contribution in [0, 0.1) is 0 Å². The fourth-order valence-electron chi connectivity index (χ4n) is 4.25. The van der Waals surface area contributed by atoms with Crippen LogP contribution in [0.15, 0.2) is 12.4 Å². The Morgan fingerprint density at radius 1 is 0.704 bits per heavy atom. The maximum atomic E-state index is 3.57. The minimum atomic E-state index is 0.553. The second kappa shape index (κ2) is 16.2. The Morgan fingerprint density at radius 2 is 1.15 bits per heavy atom. The van der Waals surface area contributed by atoms with Gasteiger partial charge in [0.05, 0.1) is 12.0 Å². The number of aromatic amines is 1. The number of nitrogens with zero attached hydrogens (tertiary/aromatic N) is 1. The summed E-state index contributed by atoms with van der Waals surface area (Å²) in [5, 5.41) is 0. The van der Waals surface area contributed by atoms with Gasteiger partial charge in [0, 0.05) is 0 Å². The van der Waals surface area contributed by atoms with Crippen LogP contribution in [-0.4, -0.2) is 4.98 Å². The molecule has 0 bridgehead atoms. The second-order valence-electron chi connectivity index (χ2n) is 8.86. The third-order valence-electron chi connectivity index (χ3n) is 6.00. The summed E-state index contributed by atoms with van der Waals surface area (Å²) in [5.74, 6) is 2.18. The van der Waals surface area contributed by atoms with Gasteiger partial charge in [0.1, 0.15) is 12.4 Å². The van der Waals surface area contributed by atoms with E-state index in [-0.39, 0.29) is 0 Å². The van der Waals surface area contributed by atoms with Crippen molar-refractivity contribution in [2.45, 2.75) is 142 Å². The van der Waals surface area contributed by atoms with Crippen molar-refractivity contribution in [3.63, 3.8) is 0 Å². The highest BCUT2D eigenvalue weighted by Crippen LogP contribution is 2.26. The molecule has 0 aliphatic rings. The molecule has 0 fully saturated rings. The van der Waals surface area contributed by atoms with Gasteiger partial charge in [0.15, 0.2) is 0 Å². The van der Waals surface area contributed by atoms with Crippen molar-refractivity contribution in [1.82, 2.24) is 4.98 Å². The van der Waals surface area contributed by atoms with Crippen LogP contribution in [0.25, 0.3) is 0 Å². The molecule has 1 aromatic rings. The first-order valence-electron chi connectivity index (χ1n) is 12.3. The molecule has 2 heteroatoms. The van der Waals surface area contributed by atoms with Gasteiger partial charge in [0.25, 0.3) is 5.82 Å². The van der Waals surface area contributed by atoms with Crippen LogP contribution in [-0.2, 0) is 0 Å². The number of unbranched alkanes of at least 4 members (excludes halogenated alkanes) is 12. The summed E-state index contributed by atoms with van der Waals surface area (Å²) >= 11 is 0. The van der Waals surface area contributed by atoms with Gasteiger partial charge in [-0.3, -0.25) is 0 Å². The lowest BCUT2D eigenvalue weighted by molar-refractivity contribution is -0.723. The van der Waals surface area contributed by atoms with Crippen LogP contribution in [0.1, 0.15) is 148 Å². The van der Waals surface area contributed by atoms with Crippen molar-refractivity contribution in [1.29, 1.82) is 0 Å². The first kappa shape index (κ1) is 24.2. The highest BCUT2D eigenvalue weighted by molar-refractivity contribution is 4.90. The fraction of sp³-hybridized carbons (Fsp3) is 0.880. The van der Waals surface area contributed by atoms with E-state index in [1.807, 2.05) is 0 Å². The molecule has 1 atom stereocenters. The molecule has 0 spiro atoms. The van der Waals surface area contributed by atoms with E-state index in [0.717, 1.165) is 0 Å². The molecule has 0 saturated heterocycles. The van der Waals surface area contributed by atoms with Crippen molar-refractivity contribution in [2.24, 2.45) is 0 Å². The van der Waals surface area contributed by atoms with E-state index in [9.17, 15) is 0 Å². The van der Waals surface area contributed by atoms with E-state index >= 15 is 0 Å². The third kappa shape index (κ3) is 11.0. The average molecular weight is 378 g/mol. The monoisotopic (exact) mass is 377 g/mol. The number of aromatic nitrogens is 2. The summed E-state index contributed by atoms with van der Waals surface area (Å²) in [6.07, 6.45) is 26.9. The first-order valence-corrected chi connectivity index (χ1v) is 12.3. The number of hydrogen-bond donors (Lipinski definition) is 1. The van der Waals surface area contributed by atoms with Gasteiger partial charge < -0.3 is 0 Å². The molecular weight excluding hydrogens is 328 g/mol. The summed E-state index contributed by atoms with van der Waals surface area (Å²) in [7, 11) is 0. The molecule has 0 aliphatic carbocycles. The number of imidazole rings is 1. The Hall–Kier alpha value is -0.790. The van der Waals surface area contributed by atoms with Gasteiger partial charge in [-0.15, -0.1) is 0 Å². The Labute approximate surface area is 170 Å². The molecule has 0 unspecified atom stereocenters. The molecule has 2 nitrogen and oxygen atoms in total. The Morgan fingerprint density at radius 3 is 1.67 bits per heavy atom. The predicted octanol–water partition coefficient (Wildman–Crippen LogP) is 8.25. The number of hydrogen-bond acceptors (Lipinski definition) is 0. The zero-order chi connectivity index (χ0) is 19.7. The highest BCUT2D eigenvalue weighted by atomic mass is 15.1. The number of nitrogens with one attached hydrogen (secondary N) is 1. The van der Waals surface area contributed by atoms with Gasteiger partial charge in [0.2, 0.25) is 0 Å². The van der Waals surface area contributed by atoms with Crippen LogP contribution in [0.5, 0.6) is 0 Å². The third-order valence-corrected chi connectivity index (χ3v) is 6.00. The molecule has 0 amide bonds. The Bertz CT molecular complexity index is 435. The van der Waals surface area contributed by atoms with Gasteiger partial charge in [-0.2, -0.15) is 0 Å². The lowest BCUT2D eigenvalue weighted by Crippen LogP contribution is -2.39. The van der Waals surface area contributed by atoms with Gasteiger partial charge in [-0.25, -0.2) is 9.55 Å². The van der Waals surface area contributed by atoms with E-state index in [2.05, 4.69) is 49.6 Å². The standard InChI is InChI=1S/C25H48N2/c1-5-7-9-10-11-12-13-14-15-16-18-20-24(19-17-8-6-2)25-26-21-22-27(25)23(3)4/h21-24H,5-20H2,1-4H3/p+1/t24-/m0/s1. The summed E-state index contributed by atoms with van der Waals surface area (Å²) in [6, 6.07) is 0.553. The lowest BCUT2D eigenvalue weighted by atomic mass is 9.93. The van der Waals surface area contributed by atoms with Crippen LogP contribution in [0.2, 0.25) is 0 Å². The molecule has 0 radical (unpaired) electrons. The maximum Gasteiger partial charge on any atom is 0.257 e. The van der Waals surface area contributed by atoms with E-state index in [0.29, 0.717) is 12.0 Å². The Kier molecular flexibility index (Phi) is 14.5. The zero-order valence-electron chi connectivity index (χ0n) is 19.1. The molecule has 1 heterocycles. The van der Waals surface area contributed by atoms with Crippen LogP contribution >= 0.6 is 0 Å². The minimum Gasteiger partial charge on any atom is -0.247 e. The van der Waals surface area contributed by atoms with Gasteiger partial charge in [-0.1, -0.05) is 104 Å². The topological polar surface area (TPSA) is 19.7 Å². The molecule has 0 aromatic carbocycles. The Balaban J connectivity index is 2.23. The van der Waals surface area contributed by atoms with Crippen molar-refractivity contribution in [3.8, 4) is 0 Å². The molecule has 0 aliphatic heterocycles.